The number of ketones is 1. The molecule has 0 aliphatic carbocycles. The van der Waals surface area contributed by atoms with Crippen LogP contribution in [0.1, 0.15) is 27.6 Å². The van der Waals surface area contributed by atoms with E-state index >= 15 is 0 Å². The normalized spacial score (nSPS) is 10.4. The first-order chi connectivity index (χ1) is 7.65. The van der Waals surface area contributed by atoms with Gasteiger partial charge in [0.05, 0.1) is 0 Å². The van der Waals surface area contributed by atoms with E-state index < -0.39 is 0 Å². The van der Waals surface area contributed by atoms with E-state index in [1.807, 2.05) is 31.2 Å². The van der Waals surface area contributed by atoms with Gasteiger partial charge in [-0.25, -0.2) is 0 Å². The van der Waals surface area contributed by atoms with Crippen molar-refractivity contribution in [2.45, 2.75) is 20.3 Å². The molecule has 0 radical (unpaired) electrons. The lowest BCUT2D eigenvalue weighted by Gasteiger charge is -1.98. The summed E-state index contributed by atoms with van der Waals surface area (Å²) >= 11 is 0. The van der Waals surface area contributed by atoms with E-state index in [2.05, 4.69) is 10.1 Å². The van der Waals surface area contributed by atoms with Gasteiger partial charge in [0, 0.05) is 13.3 Å². The minimum atomic E-state index is -0.124. The zero-order valence-corrected chi connectivity index (χ0v) is 9.23. The van der Waals surface area contributed by atoms with E-state index in [1.54, 1.807) is 6.92 Å². The van der Waals surface area contributed by atoms with Gasteiger partial charge in [0.2, 0.25) is 17.5 Å². The van der Waals surface area contributed by atoms with Crippen molar-refractivity contribution in [2.75, 3.05) is 0 Å². The van der Waals surface area contributed by atoms with E-state index in [9.17, 15) is 4.79 Å². The zero-order chi connectivity index (χ0) is 11.5. The second-order valence-electron chi connectivity index (χ2n) is 3.72. The molecule has 1 aromatic heterocycles. The second-order valence-corrected chi connectivity index (χ2v) is 3.72. The fourth-order valence-electron chi connectivity index (χ4n) is 1.38. The molecule has 1 aromatic carbocycles. The quantitative estimate of drug-likeness (QED) is 0.737. The molecule has 1 heterocycles. The van der Waals surface area contributed by atoms with Crippen LogP contribution in [0.2, 0.25) is 0 Å². The monoisotopic (exact) mass is 216 g/mol. The summed E-state index contributed by atoms with van der Waals surface area (Å²) < 4.78 is 4.76. The van der Waals surface area contributed by atoms with Gasteiger partial charge >= 0.3 is 0 Å². The van der Waals surface area contributed by atoms with Crippen molar-refractivity contribution in [1.82, 2.24) is 10.1 Å². The number of hydrogen-bond acceptors (Lipinski definition) is 4. The minimum Gasteiger partial charge on any atom is -0.339 e. The molecular formula is C12H12N2O2. The summed E-state index contributed by atoms with van der Waals surface area (Å²) in [7, 11) is 0. The molecular weight excluding hydrogens is 204 g/mol. The first-order valence-electron chi connectivity index (χ1n) is 5.04. The van der Waals surface area contributed by atoms with Gasteiger partial charge in [-0.3, -0.25) is 4.79 Å². The molecule has 0 N–H and O–H groups in total. The first kappa shape index (κ1) is 10.5. The van der Waals surface area contributed by atoms with Gasteiger partial charge in [0.1, 0.15) is 0 Å². The maximum atomic E-state index is 11.7. The van der Waals surface area contributed by atoms with Gasteiger partial charge in [-0.2, -0.15) is 4.98 Å². The molecule has 0 saturated carbocycles. The first-order valence-corrected chi connectivity index (χ1v) is 5.04. The van der Waals surface area contributed by atoms with Crippen molar-refractivity contribution < 1.29 is 9.32 Å². The molecule has 2 aromatic rings. The van der Waals surface area contributed by atoms with Crippen LogP contribution in [0.5, 0.6) is 0 Å². The van der Waals surface area contributed by atoms with Crippen LogP contribution < -0.4 is 0 Å². The highest BCUT2D eigenvalue weighted by atomic mass is 16.5. The number of Topliss-reactive ketones (excluding diaryl/α,β-unsaturated/α-hetero) is 1. The summed E-state index contributed by atoms with van der Waals surface area (Å²) in [5, 5.41) is 3.59. The van der Waals surface area contributed by atoms with Gasteiger partial charge < -0.3 is 4.52 Å². The Kier molecular flexibility index (Phi) is 2.81. The third-order valence-corrected chi connectivity index (χ3v) is 2.26. The number of nitrogens with zero attached hydrogens (tertiary/aromatic N) is 2. The summed E-state index contributed by atoms with van der Waals surface area (Å²) in [6, 6.07) is 7.81. The molecule has 0 aliphatic heterocycles. The van der Waals surface area contributed by atoms with Crippen molar-refractivity contribution in [3.05, 3.63) is 47.1 Å². The SMILES string of the molecule is Cc1ccc(CC(=O)c2noc(C)n2)cc1. The number of carbonyl (C=O) groups excluding carboxylic acids is 1. The van der Waals surface area contributed by atoms with Crippen LogP contribution in [0.15, 0.2) is 28.8 Å². The van der Waals surface area contributed by atoms with E-state index in [4.69, 9.17) is 4.52 Å². The molecule has 0 amide bonds. The molecule has 2 rings (SSSR count). The van der Waals surface area contributed by atoms with Crippen LogP contribution in [0.3, 0.4) is 0 Å². The number of aryl methyl sites for hydroxylation is 2. The van der Waals surface area contributed by atoms with Crippen LogP contribution >= 0.6 is 0 Å². The van der Waals surface area contributed by atoms with E-state index in [0.29, 0.717) is 12.3 Å². The highest BCUT2D eigenvalue weighted by Crippen LogP contribution is 2.07. The van der Waals surface area contributed by atoms with Crippen LogP contribution in [0, 0.1) is 13.8 Å². The molecule has 0 saturated heterocycles. The van der Waals surface area contributed by atoms with Crippen LogP contribution in [0.25, 0.3) is 0 Å². The predicted molar refractivity (Wildman–Crippen MR) is 58.2 cm³/mol. The molecule has 0 atom stereocenters. The molecule has 4 heteroatoms. The highest BCUT2D eigenvalue weighted by molar-refractivity contribution is 5.93. The van der Waals surface area contributed by atoms with Crippen molar-refractivity contribution in [2.24, 2.45) is 0 Å². The average Bonchev–Trinajstić information content (AvgIpc) is 2.68. The van der Waals surface area contributed by atoms with E-state index in [0.717, 1.165) is 5.56 Å². The highest BCUT2D eigenvalue weighted by Gasteiger charge is 2.13. The topological polar surface area (TPSA) is 56.0 Å². The number of benzene rings is 1. The van der Waals surface area contributed by atoms with Crippen molar-refractivity contribution in [1.29, 1.82) is 0 Å². The number of hydrogen-bond donors (Lipinski definition) is 0. The number of rotatable bonds is 3. The Bertz CT molecular complexity index is 500. The Morgan fingerprint density at radius 1 is 1.25 bits per heavy atom. The molecule has 0 spiro atoms. The molecule has 0 unspecified atom stereocenters. The molecule has 0 fully saturated rings. The number of carbonyl (C=O) groups is 1. The fourth-order valence-corrected chi connectivity index (χ4v) is 1.38. The maximum absolute atomic E-state index is 11.7. The zero-order valence-electron chi connectivity index (χ0n) is 9.23. The summed E-state index contributed by atoms with van der Waals surface area (Å²) in [5.74, 6) is 0.436. The lowest BCUT2D eigenvalue weighted by Crippen LogP contribution is -2.05. The van der Waals surface area contributed by atoms with Gasteiger partial charge in [0.15, 0.2) is 0 Å². The molecule has 0 aliphatic rings. The van der Waals surface area contributed by atoms with Gasteiger partial charge in [-0.1, -0.05) is 35.0 Å². The third-order valence-electron chi connectivity index (χ3n) is 2.26. The Labute approximate surface area is 93.3 Å². The third kappa shape index (κ3) is 2.34. The Balaban J connectivity index is 2.10. The second kappa shape index (κ2) is 4.26. The van der Waals surface area contributed by atoms with Gasteiger partial charge in [0.25, 0.3) is 0 Å². The van der Waals surface area contributed by atoms with Crippen LogP contribution in [-0.4, -0.2) is 15.9 Å². The maximum Gasteiger partial charge on any atom is 0.238 e. The molecule has 82 valence electrons. The van der Waals surface area contributed by atoms with Crippen molar-refractivity contribution >= 4 is 5.78 Å². The average molecular weight is 216 g/mol. The standard InChI is InChI=1S/C12H12N2O2/c1-8-3-5-10(6-4-8)7-11(15)12-13-9(2)16-14-12/h3-6H,7H2,1-2H3. The van der Waals surface area contributed by atoms with Crippen molar-refractivity contribution in [3.8, 4) is 0 Å². The van der Waals surface area contributed by atoms with Crippen molar-refractivity contribution in [3.63, 3.8) is 0 Å². The molecule has 0 bridgehead atoms. The molecule has 4 nitrogen and oxygen atoms in total. The fraction of sp³-hybridized carbons (Fsp3) is 0.250. The van der Waals surface area contributed by atoms with Gasteiger partial charge in [-0.15, -0.1) is 0 Å². The molecule has 16 heavy (non-hydrogen) atoms. The van der Waals surface area contributed by atoms with E-state index in [-0.39, 0.29) is 11.6 Å². The lowest BCUT2D eigenvalue weighted by molar-refractivity contribution is 0.0980. The summed E-state index contributed by atoms with van der Waals surface area (Å²) in [4.78, 5) is 15.6. The minimum absolute atomic E-state index is 0.124. The summed E-state index contributed by atoms with van der Waals surface area (Å²) in [5.41, 5.74) is 2.13. The van der Waals surface area contributed by atoms with Gasteiger partial charge in [-0.05, 0) is 12.5 Å². The Morgan fingerprint density at radius 3 is 2.50 bits per heavy atom. The Morgan fingerprint density at radius 2 is 1.94 bits per heavy atom. The Hall–Kier alpha value is -1.97. The number of aromatic nitrogens is 2. The van der Waals surface area contributed by atoms with E-state index in [1.165, 1.54) is 5.56 Å². The largest absolute Gasteiger partial charge is 0.339 e. The smallest absolute Gasteiger partial charge is 0.238 e. The summed E-state index contributed by atoms with van der Waals surface area (Å²) in [6.45, 7) is 3.67. The van der Waals surface area contributed by atoms with Crippen LogP contribution in [-0.2, 0) is 6.42 Å². The predicted octanol–water partition coefficient (Wildman–Crippen LogP) is 2.11. The summed E-state index contributed by atoms with van der Waals surface area (Å²) in [6.07, 6.45) is 0.305. The van der Waals surface area contributed by atoms with Crippen LogP contribution in [0.4, 0.5) is 0 Å². The lowest BCUT2D eigenvalue weighted by atomic mass is 10.1.